The van der Waals surface area contributed by atoms with Gasteiger partial charge in [0.25, 0.3) is 5.56 Å². The molecule has 1 aromatic heterocycles. The number of halogens is 3. The predicted molar refractivity (Wildman–Crippen MR) is 89.1 cm³/mol. The lowest BCUT2D eigenvalue weighted by atomic mass is 10.1. The Labute approximate surface area is 146 Å². The van der Waals surface area contributed by atoms with E-state index in [1.165, 1.54) is 24.3 Å². The van der Waals surface area contributed by atoms with Crippen LogP contribution in [0.3, 0.4) is 0 Å². The average Bonchev–Trinajstić information content (AvgIpc) is 2.63. The third kappa shape index (κ3) is 4.13. The number of carbonyl (C=O) groups excluding carboxylic acids is 1. The molecule has 0 bridgehead atoms. The number of aromatic amines is 1. The van der Waals surface area contributed by atoms with E-state index in [0.29, 0.717) is 31.9 Å². The summed E-state index contributed by atoms with van der Waals surface area (Å²) in [4.78, 5) is 26.6. The first-order valence-corrected chi connectivity index (χ1v) is 7.87. The minimum Gasteiger partial charge on any atom is -0.368 e. The molecule has 2 heterocycles. The van der Waals surface area contributed by atoms with Crippen molar-refractivity contribution >= 4 is 17.5 Å². The number of amides is 2. The van der Waals surface area contributed by atoms with Gasteiger partial charge in [0, 0.05) is 37.9 Å². The van der Waals surface area contributed by atoms with Crippen LogP contribution in [0.1, 0.15) is 5.56 Å². The molecule has 0 unspecified atom stereocenters. The summed E-state index contributed by atoms with van der Waals surface area (Å²) in [6.45, 7) is 1.82. The maximum absolute atomic E-state index is 12.6. The fraction of sp³-hybridized carbons (Fsp3) is 0.312. The number of piperazine rings is 1. The highest BCUT2D eigenvalue weighted by Crippen LogP contribution is 2.30. The Hall–Kier alpha value is -3.04. The van der Waals surface area contributed by atoms with Gasteiger partial charge < -0.3 is 9.80 Å². The zero-order valence-electron chi connectivity index (χ0n) is 13.6. The fourth-order valence-electron chi connectivity index (χ4n) is 2.63. The number of aromatic nitrogens is 2. The minimum atomic E-state index is -4.36. The first-order valence-electron chi connectivity index (χ1n) is 7.87. The molecule has 10 heteroatoms. The summed E-state index contributed by atoms with van der Waals surface area (Å²) in [5, 5.41) is 8.51. The van der Waals surface area contributed by atoms with Crippen LogP contribution < -0.4 is 15.8 Å². The summed E-state index contributed by atoms with van der Waals surface area (Å²) >= 11 is 0. The quantitative estimate of drug-likeness (QED) is 0.852. The monoisotopic (exact) mass is 367 g/mol. The van der Waals surface area contributed by atoms with Gasteiger partial charge in [-0.2, -0.15) is 18.3 Å². The Kier molecular flexibility index (Phi) is 4.83. The zero-order valence-corrected chi connectivity index (χ0v) is 13.6. The fourth-order valence-corrected chi connectivity index (χ4v) is 2.63. The second kappa shape index (κ2) is 7.06. The molecule has 7 nitrogen and oxygen atoms in total. The molecule has 138 valence electrons. The van der Waals surface area contributed by atoms with Crippen molar-refractivity contribution in [2.45, 2.75) is 6.18 Å². The molecule has 0 aliphatic carbocycles. The second-order valence-corrected chi connectivity index (χ2v) is 5.76. The van der Waals surface area contributed by atoms with Crippen LogP contribution in [0, 0.1) is 0 Å². The molecule has 1 aliphatic rings. The van der Waals surface area contributed by atoms with Crippen molar-refractivity contribution in [3.05, 3.63) is 52.3 Å². The SMILES string of the molecule is O=C(Nc1ccc(=O)[nH]n1)N1CCN(c2ccc(C(F)(F)F)cc2)CC1. The van der Waals surface area contributed by atoms with Gasteiger partial charge >= 0.3 is 12.2 Å². The van der Waals surface area contributed by atoms with Crippen molar-refractivity contribution in [2.24, 2.45) is 0 Å². The van der Waals surface area contributed by atoms with Gasteiger partial charge in [0.15, 0.2) is 5.82 Å². The van der Waals surface area contributed by atoms with Crippen molar-refractivity contribution in [3.8, 4) is 0 Å². The van der Waals surface area contributed by atoms with Crippen molar-refractivity contribution in [1.29, 1.82) is 0 Å². The van der Waals surface area contributed by atoms with E-state index >= 15 is 0 Å². The standard InChI is InChI=1S/C16H16F3N5O2/c17-16(18,19)11-1-3-12(4-2-11)23-7-9-24(10-8-23)15(26)20-13-5-6-14(25)22-21-13/h1-6H,7-10H2,(H,22,25)(H,20,21,26). The van der Waals surface area contributed by atoms with Gasteiger partial charge in [0.2, 0.25) is 0 Å². The Morgan fingerprint density at radius 2 is 1.69 bits per heavy atom. The third-order valence-electron chi connectivity index (χ3n) is 4.04. The highest BCUT2D eigenvalue weighted by Gasteiger charge is 2.30. The minimum absolute atomic E-state index is 0.236. The van der Waals surface area contributed by atoms with E-state index in [2.05, 4.69) is 15.5 Å². The van der Waals surface area contributed by atoms with Gasteiger partial charge in [-0.05, 0) is 30.3 Å². The van der Waals surface area contributed by atoms with Crippen molar-refractivity contribution in [3.63, 3.8) is 0 Å². The Bertz CT molecular complexity index is 807. The molecule has 2 N–H and O–H groups in total. The number of nitrogens with one attached hydrogen (secondary N) is 2. The van der Waals surface area contributed by atoms with Gasteiger partial charge in [-0.25, -0.2) is 9.89 Å². The van der Waals surface area contributed by atoms with Crippen LogP contribution in [0.5, 0.6) is 0 Å². The molecule has 0 spiro atoms. The summed E-state index contributed by atoms with van der Waals surface area (Å²) in [5.74, 6) is 0.236. The number of H-pyrrole nitrogens is 1. The van der Waals surface area contributed by atoms with Crippen LogP contribution in [0.15, 0.2) is 41.2 Å². The molecule has 0 saturated carbocycles. The summed E-state index contributed by atoms with van der Waals surface area (Å²) in [5.41, 5.74) is -0.374. The first kappa shape index (κ1) is 17.8. The average molecular weight is 367 g/mol. The number of hydrogen-bond acceptors (Lipinski definition) is 4. The Morgan fingerprint density at radius 3 is 2.23 bits per heavy atom. The summed E-state index contributed by atoms with van der Waals surface area (Å²) < 4.78 is 37.8. The Morgan fingerprint density at radius 1 is 1.04 bits per heavy atom. The lowest BCUT2D eigenvalue weighted by Crippen LogP contribution is -2.50. The molecule has 1 aromatic carbocycles. The number of nitrogens with zero attached hydrogens (tertiary/aromatic N) is 3. The van der Waals surface area contributed by atoms with Crippen LogP contribution in [0.2, 0.25) is 0 Å². The summed E-state index contributed by atoms with van der Waals surface area (Å²) in [6.07, 6.45) is -4.36. The van der Waals surface area contributed by atoms with E-state index in [9.17, 15) is 22.8 Å². The van der Waals surface area contributed by atoms with E-state index in [-0.39, 0.29) is 17.4 Å². The number of carbonyl (C=O) groups is 1. The molecule has 1 saturated heterocycles. The van der Waals surface area contributed by atoms with E-state index in [0.717, 1.165) is 12.1 Å². The van der Waals surface area contributed by atoms with Crippen LogP contribution in [-0.4, -0.2) is 47.3 Å². The molecule has 3 rings (SSSR count). The molecule has 2 amide bonds. The zero-order chi connectivity index (χ0) is 18.7. The highest BCUT2D eigenvalue weighted by molar-refractivity contribution is 5.88. The maximum Gasteiger partial charge on any atom is 0.416 e. The van der Waals surface area contributed by atoms with E-state index in [4.69, 9.17) is 0 Å². The van der Waals surface area contributed by atoms with Crippen LogP contribution in [-0.2, 0) is 6.18 Å². The summed E-state index contributed by atoms with van der Waals surface area (Å²) in [6, 6.07) is 7.27. The molecule has 0 atom stereocenters. The van der Waals surface area contributed by atoms with Gasteiger partial charge in [0.05, 0.1) is 5.56 Å². The van der Waals surface area contributed by atoms with Crippen molar-refractivity contribution in [1.82, 2.24) is 15.1 Å². The van der Waals surface area contributed by atoms with Crippen molar-refractivity contribution in [2.75, 3.05) is 36.4 Å². The normalized spacial score (nSPS) is 15.0. The first-order chi connectivity index (χ1) is 12.3. The van der Waals surface area contributed by atoms with Crippen LogP contribution in [0.4, 0.5) is 29.5 Å². The van der Waals surface area contributed by atoms with Crippen LogP contribution in [0.25, 0.3) is 0 Å². The molecule has 2 aromatic rings. The highest BCUT2D eigenvalue weighted by atomic mass is 19.4. The second-order valence-electron chi connectivity index (χ2n) is 5.76. The molecular weight excluding hydrogens is 351 g/mol. The molecule has 1 aliphatic heterocycles. The van der Waals surface area contributed by atoms with E-state index < -0.39 is 11.7 Å². The topological polar surface area (TPSA) is 81.3 Å². The van der Waals surface area contributed by atoms with Gasteiger partial charge in [-0.15, -0.1) is 0 Å². The number of benzene rings is 1. The smallest absolute Gasteiger partial charge is 0.368 e. The molecule has 1 fully saturated rings. The van der Waals surface area contributed by atoms with Crippen LogP contribution >= 0.6 is 0 Å². The van der Waals surface area contributed by atoms with Crippen molar-refractivity contribution < 1.29 is 18.0 Å². The lowest BCUT2D eigenvalue weighted by Gasteiger charge is -2.36. The largest absolute Gasteiger partial charge is 0.416 e. The Balaban J connectivity index is 1.56. The number of anilines is 2. The predicted octanol–water partition coefficient (Wildman–Crippen LogP) is 2.14. The number of rotatable bonds is 2. The van der Waals surface area contributed by atoms with E-state index in [1.54, 1.807) is 4.90 Å². The summed E-state index contributed by atoms with van der Waals surface area (Å²) in [7, 11) is 0. The third-order valence-corrected chi connectivity index (χ3v) is 4.04. The van der Waals surface area contributed by atoms with Gasteiger partial charge in [0.1, 0.15) is 0 Å². The molecule has 26 heavy (non-hydrogen) atoms. The molecule has 0 radical (unpaired) electrons. The van der Waals surface area contributed by atoms with E-state index in [1.807, 2.05) is 4.90 Å². The lowest BCUT2D eigenvalue weighted by molar-refractivity contribution is -0.137. The number of hydrogen-bond donors (Lipinski definition) is 2. The maximum atomic E-state index is 12.6. The number of urea groups is 1. The molecular formula is C16H16F3N5O2. The van der Waals surface area contributed by atoms with Gasteiger partial charge in [-0.1, -0.05) is 0 Å². The number of alkyl halides is 3. The van der Waals surface area contributed by atoms with Gasteiger partial charge in [-0.3, -0.25) is 10.1 Å².